The van der Waals surface area contributed by atoms with Crippen LogP contribution >= 0.6 is 23.2 Å². The van der Waals surface area contributed by atoms with Crippen LogP contribution in [0.4, 0.5) is 5.69 Å². The molecule has 0 fully saturated rings. The van der Waals surface area contributed by atoms with Crippen LogP contribution in [0.25, 0.3) is 0 Å². The number of aliphatic carboxylic acids is 1. The van der Waals surface area contributed by atoms with Gasteiger partial charge in [-0.2, -0.15) is 0 Å². The van der Waals surface area contributed by atoms with Gasteiger partial charge in [-0.25, -0.2) is 0 Å². The van der Waals surface area contributed by atoms with Gasteiger partial charge in [-0.3, -0.25) is 14.9 Å². The van der Waals surface area contributed by atoms with E-state index < -0.39 is 24.0 Å². The van der Waals surface area contributed by atoms with Crippen LogP contribution < -0.4 is 10.6 Å². The van der Waals surface area contributed by atoms with Gasteiger partial charge in [0, 0.05) is 15.7 Å². The molecule has 0 aliphatic heterocycles. The Balaban J connectivity index is 2.27. The van der Waals surface area contributed by atoms with E-state index in [0.717, 1.165) is 0 Å². The van der Waals surface area contributed by atoms with Crippen molar-refractivity contribution < 1.29 is 14.7 Å². The number of rotatable bonds is 8. The number of halogens is 2. The van der Waals surface area contributed by atoms with E-state index in [-0.39, 0.29) is 0 Å². The van der Waals surface area contributed by atoms with Crippen LogP contribution in [0.5, 0.6) is 0 Å². The number of carbonyl (C=O) groups is 2. The van der Waals surface area contributed by atoms with Gasteiger partial charge in [0.25, 0.3) is 0 Å². The fourth-order valence-electron chi connectivity index (χ4n) is 2.58. The Morgan fingerprint density at radius 3 is 2.23 bits per heavy atom. The molecule has 2 unspecified atom stereocenters. The SMILES string of the molecule is CCCC(NC(C(=O)Nc1cc(Cl)cc(Cl)c1)c1ccccc1)C(=O)O. The summed E-state index contributed by atoms with van der Waals surface area (Å²) in [6.07, 6.45) is 1.09. The smallest absolute Gasteiger partial charge is 0.320 e. The van der Waals surface area contributed by atoms with Gasteiger partial charge < -0.3 is 10.4 Å². The average Bonchev–Trinajstić information content (AvgIpc) is 2.58. The summed E-state index contributed by atoms with van der Waals surface area (Å²) in [5.41, 5.74) is 1.11. The molecule has 1 amide bonds. The highest BCUT2D eigenvalue weighted by Gasteiger charge is 2.27. The number of anilines is 1. The predicted octanol–water partition coefficient (Wildman–Crippen LogP) is 4.52. The molecule has 0 heterocycles. The van der Waals surface area contributed by atoms with Gasteiger partial charge in [0.1, 0.15) is 12.1 Å². The standard InChI is InChI=1S/C19H20Cl2N2O3/c1-2-6-16(19(25)26)23-17(12-7-4-3-5-8-12)18(24)22-15-10-13(20)9-14(21)11-15/h3-5,7-11,16-17,23H,2,6H2,1H3,(H,22,24)(H,25,26). The first-order valence-corrected chi connectivity index (χ1v) is 8.97. The molecule has 0 saturated carbocycles. The first kappa shape index (κ1) is 20.2. The van der Waals surface area contributed by atoms with E-state index in [4.69, 9.17) is 23.2 Å². The maximum atomic E-state index is 12.8. The van der Waals surface area contributed by atoms with Gasteiger partial charge in [-0.15, -0.1) is 0 Å². The highest BCUT2D eigenvalue weighted by Crippen LogP contribution is 2.24. The number of nitrogens with one attached hydrogen (secondary N) is 2. The minimum Gasteiger partial charge on any atom is -0.480 e. The van der Waals surface area contributed by atoms with Crippen LogP contribution in [-0.4, -0.2) is 23.0 Å². The third-order valence-electron chi connectivity index (χ3n) is 3.77. The molecule has 5 nitrogen and oxygen atoms in total. The second kappa shape index (κ2) is 9.57. The zero-order valence-electron chi connectivity index (χ0n) is 14.2. The van der Waals surface area contributed by atoms with Crippen LogP contribution in [-0.2, 0) is 9.59 Å². The van der Waals surface area contributed by atoms with E-state index in [1.807, 2.05) is 13.0 Å². The average molecular weight is 395 g/mol. The molecule has 3 N–H and O–H groups in total. The molecule has 26 heavy (non-hydrogen) atoms. The number of benzene rings is 2. The van der Waals surface area contributed by atoms with Crippen molar-refractivity contribution in [3.63, 3.8) is 0 Å². The van der Waals surface area contributed by atoms with E-state index >= 15 is 0 Å². The van der Waals surface area contributed by atoms with E-state index in [1.54, 1.807) is 42.5 Å². The Morgan fingerprint density at radius 2 is 1.69 bits per heavy atom. The number of carbonyl (C=O) groups excluding carboxylic acids is 1. The monoisotopic (exact) mass is 394 g/mol. The van der Waals surface area contributed by atoms with E-state index in [1.165, 1.54) is 0 Å². The van der Waals surface area contributed by atoms with Crippen molar-refractivity contribution >= 4 is 40.8 Å². The van der Waals surface area contributed by atoms with Crippen LogP contribution in [0.1, 0.15) is 31.4 Å². The van der Waals surface area contributed by atoms with Crippen molar-refractivity contribution in [1.82, 2.24) is 5.32 Å². The molecule has 0 aliphatic carbocycles. The van der Waals surface area contributed by atoms with Crippen LogP contribution in [0.3, 0.4) is 0 Å². The highest BCUT2D eigenvalue weighted by molar-refractivity contribution is 6.35. The Kier molecular flexibility index (Phi) is 7.45. The molecule has 2 aromatic carbocycles. The van der Waals surface area contributed by atoms with Crippen LogP contribution in [0.15, 0.2) is 48.5 Å². The molecule has 0 aromatic heterocycles. The lowest BCUT2D eigenvalue weighted by molar-refractivity contribution is -0.140. The first-order chi connectivity index (χ1) is 12.4. The van der Waals surface area contributed by atoms with Crippen LogP contribution in [0, 0.1) is 0 Å². The van der Waals surface area contributed by atoms with Crippen molar-refractivity contribution in [3.05, 3.63) is 64.1 Å². The third kappa shape index (κ3) is 5.73. The summed E-state index contributed by atoms with van der Waals surface area (Å²) in [4.78, 5) is 24.3. The number of carboxylic acids is 1. The Labute approximate surface area is 162 Å². The Hall–Kier alpha value is -2.08. The van der Waals surface area contributed by atoms with Crippen molar-refractivity contribution in [2.75, 3.05) is 5.32 Å². The normalized spacial score (nSPS) is 13.0. The van der Waals surface area contributed by atoms with Gasteiger partial charge >= 0.3 is 5.97 Å². The molecular weight excluding hydrogens is 375 g/mol. The summed E-state index contributed by atoms with van der Waals surface area (Å²) in [5.74, 6) is -1.39. The molecule has 0 radical (unpaired) electrons. The molecule has 0 spiro atoms. The van der Waals surface area contributed by atoms with Crippen molar-refractivity contribution in [1.29, 1.82) is 0 Å². The molecule has 2 rings (SSSR count). The van der Waals surface area contributed by atoms with Crippen molar-refractivity contribution in [2.45, 2.75) is 31.8 Å². The van der Waals surface area contributed by atoms with Gasteiger partial charge in [-0.1, -0.05) is 66.9 Å². The second-order valence-electron chi connectivity index (χ2n) is 5.84. The molecule has 2 atom stereocenters. The van der Waals surface area contributed by atoms with Gasteiger partial charge in [0.2, 0.25) is 5.91 Å². The maximum absolute atomic E-state index is 12.8. The third-order valence-corrected chi connectivity index (χ3v) is 4.20. The molecule has 0 aliphatic rings. The van der Waals surface area contributed by atoms with E-state index in [0.29, 0.717) is 34.1 Å². The van der Waals surface area contributed by atoms with Crippen molar-refractivity contribution in [2.24, 2.45) is 0 Å². The fraction of sp³-hybridized carbons (Fsp3) is 0.263. The summed E-state index contributed by atoms with van der Waals surface area (Å²) in [6.45, 7) is 1.89. The van der Waals surface area contributed by atoms with Gasteiger partial charge in [0.15, 0.2) is 0 Å². The fourth-order valence-corrected chi connectivity index (χ4v) is 3.10. The van der Waals surface area contributed by atoms with E-state index in [9.17, 15) is 14.7 Å². The molecule has 0 bridgehead atoms. The quantitative estimate of drug-likeness (QED) is 0.614. The number of carboxylic acid groups (broad SMARTS) is 1. The molecule has 138 valence electrons. The lowest BCUT2D eigenvalue weighted by Crippen LogP contribution is -2.43. The summed E-state index contributed by atoms with van der Waals surface area (Å²) in [6, 6.07) is 12.0. The lowest BCUT2D eigenvalue weighted by Gasteiger charge is -2.23. The Morgan fingerprint density at radius 1 is 1.08 bits per heavy atom. The number of hydrogen-bond donors (Lipinski definition) is 3. The second-order valence-corrected chi connectivity index (χ2v) is 6.71. The first-order valence-electron chi connectivity index (χ1n) is 8.21. The summed E-state index contributed by atoms with van der Waals surface area (Å²) >= 11 is 11.9. The number of amides is 1. The van der Waals surface area contributed by atoms with Gasteiger partial charge in [0.05, 0.1) is 0 Å². The predicted molar refractivity (Wildman–Crippen MR) is 104 cm³/mol. The summed E-state index contributed by atoms with van der Waals surface area (Å²) < 4.78 is 0. The molecule has 7 heteroatoms. The maximum Gasteiger partial charge on any atom is 0.320 e. The summed E-state index contributed by atoms with van der Waals surface area (Å²) in [5, 5.41) is 15.9. The van der Waals surface area contributed by atoms with E-state index in [2.05, 4.69) is 10.6 Å². The van der Waals surface area contributed by atoms with Gasteiger partial charge in [-0.05, 0) is 30.2 Å². The zero-order valence-corrected chi connectivity index (χ0v) is 15.7. The minimum absolute atomic E-state index is 0.392. The lowest BCUT2D eigenvalue weighted by atomic mass is 10.0. The highest BCUT2D eigenvalue weighted by atomic mass is 35.5. The largest absolute Gasteiger partial charge is 0.480 e. The van der Waals surface area contributed by atoms with Crippen molar-refractivity contribution in [3.8, 4) is 0 Å². The molecule has 2 aromatic rings. The van der Waals surface area contributed by atoms with Crippen LogP contribution in [0.2, 0.25) is 10.0 Å². The molecule has 0 saturated heterocycles. The topological polar surface area (TPSA) is 78.4 Å². The Bertz CT molecular complexity index is 748. The summed E-state index contributed by atoms with van der Waals surface area (Å²) in [7, 11) is 0. The minimum atomic E-state index is -0.994. The zero-order chi connectivity index (χ0) is 19.1. The molecular formula is C19H20Cl2N2O3. The number of hydrogen-bond acceptors (Lipinski definition) is 3.